The normalized spacial score (nSPS) is 10.6. The summed E-state index contributed by atoms with van der Waals surface area (Å²) in [6, 6.07) is 12.7. The first-order chi connectivity index (χ1) is 14.3. The topological polar surface area (TPSA) is 63.6 Å². The summed E-state index contributed by atoms with van der Waals surface area (Å²) < 4.78 is 7.25. The van der Waals surface area contributed by atoms with E-state index in [9.17, 15) is 9.59 Å². The van der Waals surface area contributed by atoms with Crippen molar-refractivity contribution < 1.29 is 14.3 Å². The number of carbonyl (C=O) groups is 2. The lowest BCUT2D eigenvalue weighted by molar-refractivity contribution is -0.116. The Balaban J connectivity index is 1.77. The van der Waals surface area contributed by atoms with Crippen LogP contribution in [0.2, 0.25) is 5.02 Å². The fraction of sp³-hybridized carbons (Fsp3) is 0.217. The zero-order valence-electron chi connectivity index (χ0n) is 17.4. The first-order valence-corrected chi connectivity index (χ1v) is 9.82. The number of nitrogens with zero attached hydrogens (tertiary/aromatic N) is 2. The number of anilines is 1. The molecular weight excluding hydrogens is 402 g/mol. The Hall–Kier alpha value is -3.25. The number of ether oxygens (including phenoxy) is 1. The van der Waals surface area contributed by atoms with Gasteiger partial charge < -0.3 is 19.5 Å². The molecule has 2 aromatic carbocycles. The Morgan fingerprint density at radius 1 is 1.13 bits per heavy atom. The lowest BCUT2D eigenvalue weighted by Crippen LogP contribution is -2.35. The van der Waals surface area contributed by atoms with Crippen LogP contribution in [0.1, 0.15) is 21.5 Å². The van der Waals surface area contributed by atoms with Gasteiger partial charge >= 0.3 is 0 Å². The quantitative estimate of drug-likeness (QED) is 0.633. The fourth-order valence-electron chi connectivity index (χ4n) is 3.14. The third-order valence-corrected chi connectivity index (χ3v) is 5.29. The number of rotatable bonds is 6. The summed E-state index contributed by atoms with van der Waals surface area (Å²) in [5.41, 5.74) is 3.80. The van der Waals surface area contributed by atoms with Gasteiger partial charge in [-0.25, -0.2) is 0 Å². The summed E-state index contributed by atoms with van der Waals surface area (Å²) in [6.07, 6.45) is 3.71. The number of carbonyl (C=O) groups excluding carboxylic acids is 2. The van der Waals surface area contributed by atoms with Gasteiger partial charge in [0, 0.05) is 31.2 Å². The maximum absolute atomic E-state index is 13.0. The number of nitrogens with one attached hydrogen (secondary N) is 1. The van der Waals surface area contributed by atoms with Gasteiger partial charge in [0.15, 0.2) is 0 Å². The molecule has 156 valence electrons. The maximum Gasteiger partial charge on any atom is 0.257 e. The van der Waals surface area contributed by atoms with Crippen molar-refractivity contribution in [3.8, 4) is 11.4 Å². The molecule has 0 aliphatic rings. The zero-order valence-corrected chi connectivity index (χ0v) is 18.2. The highest BCUT2D eigenvalue weighted by atomic mass is 35.5. The van der Waals surface area contributed by atoms with Gasteiger partial charge in [0.1, 0.15) is 5.75 Å². The van der Waals surface area contributed by atoms with E-state index in [0.717, 1.165) is 16.8 Å². The number of hydrogen-bond donors (Lipinski definition) is 1. The van der Waals surface area contributed by atoms with Crippen molar-refractivity contribution in [2.75, 3.05) is 26.0 Å². The zero-order chi connectivity index (χ0) is 21.8. The van der Waals surface area contributed by atoms with E-state index in [-0.39, 0.29) is 18.4 Å². The van der Waals surface area contributed by atoms with E-state index in [1.165, 1.54) is 12.0 Å². The number of hydrogen-bond acceptors (Lipinski definition) is 3. The van der Waals surface area contributed by atoms with Crippen LogP contribution < -0.4 is 10.1 Å². The van der Waals surface area contributed by atoms with Crippen molar-refractivity contribution in [3.05, 3.63) is 76.6 Å². The molecule has 0 spiro atoms. The van der Waals surface area contributed by atoms with Gasteiger partial charge in [-0.15, -0.1) is 0 Å². The van der Waals surface area contributed by atoms with E-state index >= 15 is 0 Å². The molecule has 1 N–H and O–H groups in total. The summed E-state index contributed by atoms with van der Waals surface area (Å²) >= 11 is 6.42. The van der Waals surface area contributed by atoms with E-state index in [4.69, 9.17) is 16.3 Å². The molecule has 1 heterocycles. The predicted molar refractivity (Wildman–Crippen MR) is 119 cm³/mol. The Bertz CT molecular complexity index is 1080. The molecule has 7 heteroatoms. The summed E-state index contributed by atoms with van der Waals surface area (Å²) in [4.78, 5) is 26.8. The predicted octanol–water partition coefficient (Wildman–Crippen LogP) is 4.47. The van der Waals surface area contributed by atoms with Crippen LogP contribution in [0.5, 0.6) is 5.75 Å². The number of aromatic nitrogens is 1. The number of benzene rings is 2. The molecule has 0 atom stereocenters. The highest BCUT2D eigenvalue weighted by Gasteiger charge is 2.21. The van der Waals surface area contributed by atoms with Crippen molar-refractivity contribution in [3.63, 3.8) is 0 Å². The maximum atomic E-state index is 13.0. The van der Waals surface area contributed by atoms with Gasteiger partial charge in [-0.3, -0.25) is 9.59 Å². The van der Waals surface area contributed by atoms with Crippen LogP contribution in [0, 0.1) is 13.8 Å². The van der Waals surface area contributed by atoms with E-state index in [1.807, 2.05) is 61.1 Å². The molecular formula is C23H24ClN3O3. The fourth-order valence-corrected chi connectivity index (χ4v) is 3.40. The van der Waals surface area contributed by atoms with Crippen LogP contribution in [0.25, 0.3) is 5.69 Å². The molecule has 6 nitrogen and oxygen atoms in total. The van der Waals surface area contributed by atoms with Crippen molar-refractivity contribution in [2.45, 2.75) is 13.8 Å². The molecule has 1 aromatic heterocycles. The summed E-state index contributed by atoms with van der Waals surface area (Å²) in [6.45, 7) is 3.82. The van der Waals surface area contributed by atoms with Crippen LogP contribution >= 0.6 is 11.6 Å². The smallest absolute Gasteiger partial charge is 0.257 e. The summed E-state index contributed by atoms with van der Waals surface area (Å²) in [7, 11) is 3.06. The molecule has 0 unspecified atom stereocenters. The molecule has 0 saturated carbocycles. The summed E-state index contributed by atoms with van der Waals surface area (Å²) in [5.74, 6) is -0.257. The van der Waals surface area contributed by atoms with E-state index in [0.29, 0.717) is 22.0 Å². The summed E-state index contributed by atoms with van der Waals surface area (Å²) in [5, 5.41) is 3.27. The molecule has 30 heavy (non-hydrogen) atoms. The van der Waals surface area contributed by atoms with Crippen molar-refractivity contribution >= 4 is 29.1 Å². The molecule has 2 amide bonds. The number of aryl methyl sites for hydroxylation is 1. The number of amides is 2. The highest BCUT2D eigenvalue weighted by Crippen LogP contribution is 2.30. The van der Waals surface area contributed by atoms with Gasteiger partial charge in [-0.05, 0) is 49.2 Å². The lowest BCUT2D eigenvalue weighted by Gasteiger charge is -2.20. The van der Waals surface area contributed by atoms with Crippen LogP contribution in [0.4, 0.5) is 5.69 Å². The van der Waals surface area contributed by atoms with Crippen molar-refractivity contribution in [2.24, 2.45) is 0 Å². The standard InChI is InChI=1S/C23H24ClN3O3/c1-15-8-7-9-19(16(15)2)25-22(28)14-26(3)23(29)17-12-18(24)20(13-21(17)30-4)27-10-5-6-11-27/h5-13H,14H2,1-4H3,(H,25,28). The highest BCUT2D eigenvalue weighted by molar-refractivity contribution is 6.33. The second-order valence-corrected chi connectivity index (χ2v) is 7.46. The SMILES string of the molecule is COc1cc(-n2cccc2)c(Cl)cc1C(=O)N(C)CC(=O)Nc1cccc(C)c1C. The van der Waals surface area contributed by atoms with E-state index < -0.39 is 0 Å². The van der Waals surface area contributed by atoms with E-state index in [2.05, 4.69) is 5.32 Å². The van der Waals surface area contributed by atoms with Gasteiger partial charge in [0.05, 0.1) is 29.9 Å². The molecule has 3 rings (SSSR count). The van der Waals surface area contributed by atoms with Gasteiger partial charge in [0.25, 0.3) is 5.91 Å². The first kappa shape index (κ1) is 21.5. The minimum Gasteiger partial charge on any atom is -0.496 e. The Morgan fingerprint density at radius 3 is 2.50 bits per heavy atom. The van der Waals surface area contributed by atoms with Crippen LogP contribution in [-0.2, 0) is 4.79 Å². The number of halogens is 1. The monoisotopic (exact) mass is 425 g/mol. The second-order valence-electron chi connectivity index (χ2n) is 7.05. The molecule has 3 aromatic rings. The second kappa shape index (κ2) is 9.05. The Labute approximate surface area is 181 Å². The third-order valence-electron chi connectivity index (χ3n) is 4.99. The van der Waals surface area contributed by atoms with Gasteiger partial charge in [0.2, 0.25) is 5.91 Å². The van der Waals surface area contributed by atoms with Gasteiger partial charge in [-0.2, -0.15) is 0 Å². The Morgan fingerprint density at radius 2 is 1.83 bits per heavy atom. The molecule has 0 saturated heterocycles. The van der Waals surface area contributed by atoms with Gasteiger partial charge in [-0.1, -0.05) is 23.7 Å². The average Bonchev–Trinajstić information content (AvgIpc) is 3.25. The molecule has 0 radical (unpaired) electrons. The van der Waals surface area contributed by atoms with Crippen LogP contribution in [0.15, 0.2) is 54.9 Å². The molecule has 0 aliphatic heterocycles. The third kappa shape index (κ3) is 4.49. The van der Waals surface area contributed by atoms with Crippen LogP contribution in [0.3, 0.4) is 0 Å². The minimum atomic E-state index is -0.357. The van der Waals surface area contributed by atoms with Crippen molar-refractivity contribution in [1.82, 2.24) is 9.47 Å². The lowest BCUT2D eigenvalue weighted by atomic mass is 10.1. The number of likely N-dealkylation sites (N-methyl/N-ethyl adjacent to an activating group) is 1. The largest absolute Gasteiger partial charge is 0.496 e. The van der Waals surface area contributed by atoms with Crippen molar-refractivity contribution in [1.29, 1.82) is 0 Å². The van der Waals surface area contributed by atoms with Crippen LogP contribution in [-0.4, -0.2) is 42.0 Å². The average molecular weight is 426 g/mol. The molecule has 0 aliphatic carbocycles. The first-order valence-electron chi connectivity index (χ1n) is 9.44. The molecule has 0 bridgehead atoms. The minimum absolute atomic E-state index is 0.105. The number of methoxy groups -OCH3 is 1. The Kier molecular flexibility index (Phi) is 6.47. The van der Waals surface area contributed by atoms with E-state index in [1.54, 1.807) is 19.2 Å². The molecule has 0 fully saturated rings.